The summed E-state index contributed by atoms with van der Waals surface area (Å²) in [4.78, 5) is 16.1. The Hall–Kier alpha value is -3.10. The van der Waals surface area contributed by atoms with Crippen LogP contribution in [0.25, 0.3) is 11.0 Å². The maximum absolute atomic E-state index is 13.8. The molecule has 2 N–H and O–H groups in total. The third-order valence-corrected chi connectivity index (χ3v) is 4.07. The van der Waals surface area contributed by atoms with Crippen LogP contribution in [0.5, 0.6) is 0 Å². The van der Waals surface area contributed by atoms with Gasteiger partial charge in [0, 0.05) is 20.0 Å². The molecule has 3 rings (SSSR count). The van der Waals surface area contributed by atoms with Crippen molar-refractivity contribution in [1.29, 1.82) is 0 Å². The summed E-state index contributed by atoms with van der Waals surface area (Å²) in [6, 6.07) is 8.56. The number of rotatable bonds is 4. The van der Waals surface area contributed by atoms with Crippen molar-refractivity contribution in [3.8, 4) is 0 Å². The number of nitrogens with zero attached hydrogens (tertiary/aromatic N) is 2. The number of hydrogen-bond donors (Lipinski definition) is 2. The van der Waals surface area contributed by atoms with Crippen molar-refractivity contribution in [3.63, 3.8) is 0 Å². The molecule has 5 nitrogen and oxygen atoms in total. The number of halogens is 4. The predicted molar refractivity (Wildman–Crippen MR) is 92.8 cm³/mol. The molecule has 0 radical (unpaired) electrons. The maximum Gasteiger partial charge on any atom is 0.418 e. The molecule has 0 spiro atoms. The minimum Gasteiger partial charge on any atom is -0.337 e. The molecule has 0 aliphatic heterocycles. The first-order valence-electron chi connectivity index (χ1n) is 8.08. The van der Waals surface area contributed by atoms with E-state index in [9.17, 15) is 22.4 Å². The Morgan fingerprint density at radius 1 is 1.15 bits per heavy atom. The molecule has 2 amide bonds. The standard InChI is InChI=1S/C18H16F4N4O/c1-26-14-8-4-6-12(19)16(14)25-15(26)9-10-23-17(27)24-13-7-3-2-5-11(13)18(20,21)22/h2-8H,9-10H2,1H3,(H2,23,24,27). The molecule has 27 heavy (non-hydrogen) atoms. The first-order chi connectivity index (χ1) is 12.8. The predicted octanol–water partition coefficient (Wildman–Crippen LogP) is 4.10. The van der Waals surface area contributed by atoms with Crippen molar-refractivity contribution < 1.29 is 22.4 Å². The number of para-hydroxylation sites is 2. The quantitative estimate of drug-likeness (QED) is 0.670. The summed E-state index contributed by atoms with van der Waals surface area (Å²) in [5.74, 6) is 0.106. The number of anilines is 1. The van der Waals surface area contributed by atoms with Gasteiger partial charge in [0.25, 0.3) is 0 Å². The molecular weight excluding hydrogens is 364 g/mol. The monoisotopic (exact) mass is 380 g/mol. The number of aromatic nitrogens is 2. The van der Waals surface area contributed by atoms with E-state index in [2.05, 4.69) is 15.6 Å². The summed E-state index contributed by atoms with van der Waals surface area (Å²) in [7, 11) is 1.73. The van der Waals surface area contributed by atoms with Crippen LogP contribution in [0.2, 0.25) is 0 Å². The molecule has 9 heteroatoms. The highest BCUT2D eigenvalue weighted by Crippen LogP contribution is 2.34. The smallest absolute Gasteiger partial charge is 0.337 e. The minimum absolute atomic E-state index is 0.124. The molecule has 0 saturated carbocycles. The molecule has 1 aromatic heterocycles. The van der Waals surface area contributed by atoms with Gasteiger partial charge in [-0.3, -0.25) is 0 Å². The number of imidazole rings is 1. The van der Waals surface area contributed by atoms with Crippen LogP contribution >= 0.6 is 0 Å². The van der Waals surface area contributed by atoms with Gasteiger partial charge in [-0.1, -0.05) is 18.2 Å². The van der Waals surface area contributed by atoms with Gasteiger partial charge in [0.2, 0.25) is 0 Å². The van der Waals surface area contributed by atoms with Crippen LogP contribution in [0, 0.1) is 5.82 Å². The first kappa shape index (κ1) is 18.7. The molecule has 0 fully saturated rings. The summed E-state index contributed by atoms with van der Waals surface area (Å²) < 4.78 is 54.3. The van der Waals surface area contributed by atoms with E-state index in [1.807, 2.05) is 0 Å². The minimum atomic E-state index is -4.57. The molecule has 0 aliphatic rings. The molecule has 2 aromatic carbocycles. The van der Waals surface area contributed by atoms with E-state index in [1.165, 1.54) is 24.3 Å². The fourth-order valence-corrected chi connectivity index (χ4v) is 2.75. The van der Waals surface area contributed by atoms with Crippen molar-refractivity contribution in [1.82, 2.24) is 14.9 Å². The van der Waals surface area contributed by atoms with E-state index < -0.39 is 23.6 Å². The summed E-state index contributed by atoms with van der Waals surface area (Å²) in [5, 5.41) is 4.68. The summed E-state index contributed by atoms with van der Waals surface area (Å²) in [6.45, 7) is 0.124. The van der Waals surface area contributed by atoms with Crippen LogP contribution < -0.4 is 10.6 Å². The van der Waals surface area contributed by atoms with Crippen LogP contribution in [0.15, 0.2) is 42.5 Å². The first-order valence-corrected chi connectivity index (χ1v) is 8.08. The number of amides is 2. The number of fused-ring (bicyclic) bond motifs is 1. The summed E-state index contributed by atoms with van der Waals surface area (Å²) in [5.41, 5.74) is -0.398. The van der Waals surface area contributed by atoms with Crippen LogP contribution in [0.1, 0.15) is 11.4 Å². The Morgan fingerprint density at radius 2 is 1.89 bits per heavy atom. The lowest BCUT2D eigenvalue weighted by atomic mass is 10.1. The van der Waals surface area contributed by atoms with Crippen LogP contribution in [0.4, 0.5) is 28.0 Å². The molecule has 0 saturated heterocycles. The number of benzene rings is 2. The number of aryl methyl sites for hydroxylation is 1. The fourth-order valence-electron chi connectivity index (χ4n) is 2.75. The topological polar surface area (TPSA) is 59.0 Å². The normalized spacial score (nSPS) is 11.6. The van der Waals surface area contributed by atoms with E-state index >= 15 is 0 Å². The largest absolute Gasteiger partial charge is 0.418 e. The zero-order chi connectivity index (χ0) is 19.6. The lowest BCUT2D eigenvalue weighted by Gasteiger charge is -2.14. The highest BCUT2D eigenvalue weighted by molar-refractivity contribution is 5.90. The average molecular weight is 380 g/mol. The number of nitrogens with one attached hydrogen (secondary N) is 2. The van der Waals surface area contributed by atoms with Crippen molar-refractivity contribution in [2.24, 2.45) is 7.05 Å². The van der Waals surface area contributed by atoms with Gasteiger partial charge in [0.1, 0.15) is 11.3 Å². The molecule has 1 heterocycles. The zero-order valence-electron chi connectivity index (χ0n) is 14.3. The SMILES string of the molecule is Cn1c(CCNC(=O)Nc2ccccc2C(F)(F)F)nc2c(F)cccc21. The fraction of sp³-hybridized carbons (Fsp3) is 0.222. The Labute approximate surface area is 152 Å². The van der Waals surface area contributed by atoms with Gasteiger partial charge in [-0.15, -0.1) is 0 Å². The number of carbonyl (C=O) groups excluding carboxylic acids is 1. The third-order valence-electron chi connectivity index (χ3n) is 4.07. The van der Waals surface area contributed by atoms with Crippen molar-refractivity contribution >= 4 is 22.8 Å². The van der Waals surface area contributed by atoms with Gasteiger partial charge in [-0.05, 0) is 24.3 Å². The van der Waals surface area contributed by atoms with Crippen LogP contribution in [-0.4, -0.2) is 22.1 Å². The van der Waals surface area contributed by atoms with E-state index in [-0.39, 0.29) is 17.7 Å². The zero-order valence-corrected chi connectivity index (χ0v) is 14.3. The second-order valence-electron chi connectivity index (χ2n) is 5.87. The average Bonchev–Trinajstić information content (AvgIpc) is 2.92. The molecule has 142 valence electrons. The Kier molecular flexibility index (Phi) is 5.02. The van der Waals surface area contributed by atoms with E-state index in [0.29, 0.717) is 17.8 Å². The maximum atomic E-state index is 13.8. The molecule has 0 unspecified atom stereocenters. The van der Waals surface area contributed by atoms with Gasteiger partial charge < -0.3 is 15.2 Å². The molecule has 0 atom stereocenters. The second-order valence-corrected chi connectivity index (χ2v) is 5.87. The molecule has 3 aromatic rings. The Balaban J connectivity index is 1.63. The highest BCUT2D eigenvalue weighted by atomic mass is 19.4. The Morgan fingerprint density at radius 3 is 2.59 bits per heavy atom. The van der Waals surface area contributed by atoms with Crippen LogP contribution in [-0.2, 0) is 19.6 Å². The molecule has 0 bridgehead atoms. The number of urea groups is 1. The van der Waals surface area contributed by atoms with Gasteiger partial charge in [-0.2, -0.15) is 13.2 Å². The lowest BCUT2D eigenvalue weighted by molar-refractivity contribution is -0.136. The van der Waals surface area contributed by atoms with E-state index in [4.69, 9.17) is 0 Å². The summed E-state index contributed by atoms with van der Waals surface area (Å²) in [6.07, 6.45) is -4.28. The second kappa shape index (κ2) is 7.26. The van der Waals surface area contributed by atoms with Crippen molar-refractivity contribution in [2.75, 3.05) is 11.9 Å². The summed E-state index contributed by atoms with van der Waals surface area (Å²) >= 11 is 0. The van der Waals surface area contributed by atoms with Crippen molar-refractivity contribution in [2.45, 2.75) is 12.6 Å². The van der Waals surface area contributed by atoms with Gasteiger partial charge in [0.15, 0.2) is 5.82 Å². The van der Waals surface area contributed by atoms with Crippen molar-refractivity contribution in [3.05, 3.63) is 59.7 Å². The third kappa shape index (κ3) is 4.02. The number of hydrogen-bond acceptors (Lipinski definition) is 2. The van der Waals surface area contributed by atoms with Crippen LogP contribution in [0.3, 0.4) is 0 Å². The van der Waals surface area contributed by atoms with Gasteiger partial charge in [0.05, 0.1) is 16.8 Å². The van der Waals surface area contributed by atoms with Gasteiger partial charge >= 0.3 is 12.2 Å². The van der Waals surface area contributed by atoms with E-state index in [0.717, 1.165) is 6.07 Å². The molecular formula is C18H16F4N4O. The van der Waals surface area contributed by atoms with Gasteiger partial charge in [-0.25, -0.2) is 14.2 Å². The van der Waals surface area contributed by atoms with E-state index in [1.54, 1.807) is 23.7 Å². The molecule has 0 aliphatic carbocycles. The Bertz CT molecular complexity index is 981. The number of carbonyl (C=O) groups is 1. The number of alkyl halides is 3. The highest BCUT2D eigenvalue weighted by Gasteiger charge is 2.33. The lowest BCUT2D eigenvalue weighted by Crippen LogP contribution is -2.31.